The summed E-state index contributed by atoms with van der Waals surface area (Å²) >= 11 is 5.95. The predicted molar refractivity (Wildman–Crippen MR) is 78.2 cm³/mol. The van der Waals surface area contributed by atoms with Gasteiger partial charge in [0.1, 0.15) is 0 Å². The van der Waals surface area contributed by atoms with Gasteiger partial charge in [0, 0.05) is 24.4 Å². The zero-order valence-electron chi connectivity index (χ0n) is 11.2. The van der Waals surface area contributed by atoms with Gasteiger partial charge in [-0.05, 0) is 31.0 Å². The molecule has 0 unspecified atom stereocenters. The molecule has 5 nitrogen and oxygen atoms in total. The maximum atomic E-state index is 12.6. The molecule has 1 heterocycles. The number of hydrogen-bond acceptors (Lipinski definition) is 4. The highest BCUT2D eigenvalue weighted by atomic mass is 35.5. The first-order chi connectivity index (χ1) is 9.14. The second-order valence-corrected chi connectivity index (χ2v) is 9.61. The Bertz CT molecular complexity index is 728. The standard InChI is InChI=1S/C12H16ClNO4S2/c1-9-11(13)4-3-5-12(9)20(17,18)14-7-6-10(8-14)19(2,15)16/h3-5,10H,6-8H2,1-2H3/t10-/m0/s1. The first kappa shape index (κ1) is 15.8. The van der Waals surface area contributed by atoms with E-state index in [0.717, 1.165) is 6.26 Å². The molecule has 0 aliphatic carbocycles. The molecule has 112 valence electrons. The fourth-order valence-corrected chi connectivity index (χ4v) is 5.33. The minimum absolute atomic E-state index is 0.00706. The summed E-state index contributed by atoms with van der Waals surface area (Å²) in [5.74, 6) is 0. The van der Waals surface area contributed by atoms with Crippen molar-refractivity contribution in [3.8, 4) is 0 Å². The van der Waals surface area contributed by atoms with E-state index in [1.165, 1.54) is 10.4 Å². The maximum absolute atomic E-state index is 12.6. The highest BCUT2D eigenvalue weighted by Gasteiger charge is 2.37. The molecule has 0 spiro atoms. The molecule has 0 N–H and O–H groups in total. The van der Waals surface area contributed by atoms with E-state index < -0.39 is 25.1 Å². The largest absolute Gasteiger partial charge is 0.243 e. The summed E-state index contributed by atoms with van der Waals surface area (Å²) in [6.45, 7) is 1.86. The Labute approximate surface area is 124 Å². The third-order valence-electron chi connectivity index (χ3n) is 3.55. The van der Waals surface area contributed by atoms with Crippen molar-refractivity contribution in [3.05, 3.63) is 28.8 Å². The summed E-state index contributed by atoms with van der Waals surface area (Å²) in [5.41, 5.74) is 0.483. The normalized spacial score (nSPS) is 21.2. The van der Waals surface area contributed by atoms with Crippen molar-refractivity contribution in [1.82, 2.24) is 4.31 Å². The maximum Gasteiger partial charge on any atom is 0.243 e. The second kappa shape index (κ2) is 5.29. The molecule has 1 aliphatic rings. The second-order valence-electron chi connectivity index (χ2n) is 4.97. The Morgan fingerprint density at radius 1 is 1.25 bits per heavy atom. The van der Waals surface area contributed by atoms with Gasteiger partial charge in [-0.15, -0.1) is 0 Å². The average molecular weight is 338 g/mol. The number of hydrogen-bond donors (Lipinski definition) is 0. The quantitative estimate of drug-likeness (QED) is 0.837. The third kappa shape index (κ3) is 2.86. The van der Waals surface area contributed by atoms with Gasteiger partial charge in [0.2, 0.25) is 10.0 Å². The SMILES string of the molecule is Cc1c(Cl)cccc1S(=O)(=O)N1CC[C@H](S(C)(=O)=O)C1. The van der Waals surface area contributed by atoms with Gasteiger partial charge < -0.3 is 0 Å². The van der Waals surface area contributed by atoms with Crippen molar-refractivity contribution >= 4 is 31.5 Å². The van der Waals surface area contributed by atoms with E-state index in [-0.39, 0.29) is 18.0 Å². The van der Waals surface area contributed by atoms with Crippen molar-refractivity contribution in [3.63, 3.8) is 0 Å². The fraction of sp³-hybridized carbons (Fsp3) is 0.500. The summed E-state index contributed by atoms with van der Waals surface area (Å²) in [6, 6.07) is 4.69. The van der Waals surface area contributed by atoms with Crippen LogP contribution in [-0.4, -0.2) is 45.7 Å². The molecule has 2 rings (SSSR count). The van der Waals surface area contributed by atoms with E-state index in [1.54, 1.807) is 19.1 Å². The molecule has 0 radical (unpaired) electrons. The number of nitrogens with zero attached hydrogens (tertiary/aromatic N) is 1. The van der Waals surface area contributed by atoms with Crippen LogP contribution in [0, 0.1) is 6.92 Å². The van der Waals surface area contributed by atoms with Crippen molar-refractivity contribution in [1.29, 1.82) is 0 Å². The zero-order chi connectivity index (χ0) is 15.1. The van der Waals surface area contributed by atoms with Crippen molar-refractivity contribution < 1.29 is 16.8 Å². The first-order valence-corrected chi connectivity index (χ1v) is 9.85. The number of sulfonamides is 1. The van der Waals surface area contributed by atoms with Crippen LogP contribution in [0.3, 0.4) is 0 Å². The highest BCUT2D eigenvalue weighted by Crippen LogP contribution is 2.28. The Balaban J connectivity index is 2.36. The molecule has 1 fully saturated rings. The molecule has 1 saturated heterocycles. The fourth-order valence-electron chi connectivity index (χ4n) is 2.27. The molecule has 0 aromatic heterocycles. The Kier molecular flexibility index (Phi) is 4.17. The van der Waals surface area contributed by atoms with Gasteiger partial charge in [0.15, 0.2) is 9.84 Å². The first-order valence-electron chi connectivity index (χ1n) is 6.08. The van der Waals surface area contributed by atoms with Crippen LogP contribution < -0.4 is 0 Å². The van der Waals surface area contributed by atoms with E-state index in [9.17, 15) is 16.8 Å². The minimum atomic E-state index is -3.70. The van der Waals surface area contributed by atoms with E-state index in [1.807, 2.05) is 0 Å². The number of halogens is 1. The van der Waals surface area contributed by atoms with Crippen LogP contribution >= 0.6 is 11.6 Å². The third-order valence-corrected chi connectivity index (χ3v) is 7.56. The van der Waals surface area contributed by atoms with Gasteiger partial charge in [-0.1, -0.05) is 17.7 Å². The molecular formula is C12H16ClNO4S2. The lowest BCUT2D eigenvalue weighted by molar-refractivity contribution is 0.476. The van der Waals surface area contributed by atoms with Crippen LogP contribution in [0.15, 0.2) is 23.1 Å². The smallest absolute Gasteiger partial charge is 0.229 e. The molecule has 0 amide bonds. The number of rotatable bonds is 3. The van der Waals surface area contributed by atoms with Gasteiger partial charge in [0.05, 0.1) is 10.1 Å². The average Bonchev–Trinajstić information content (AvgIpc) is 2.82. The van der Waals surface area contributed by atoms with Gasteiger partial charge in [-0.3, -0.25) is 0 Å². The van der Waals surface area contributed by atoms with Gasteiger partial charge in [0.25, 0.3) is 0 Å². The van der Waals surface area contributed by atoms with Crippen LogP contribution in [0.1, 0.15) is 12.0 Å². The molecular weight excluding hydrogens is 322 g/mol. The summed E-state index contributed by atoms with van der Waals surface area (Å²) in [6.07, 6.45) is 1.47. The molecule has 1 atom stereocenters. The monoisotopic (exact) mass is 337 g/mol. The van der Waals surface area contributed by atoms with Gasteiger partial charge in [-0.2, -0.15) is 4.31 Å². The van der Waals surface area contributed by atoms with Crippen LogP contribution in [-0.2, 0) is 19.9 Å². The van der Waals surface area contributed by atoms with E-state index in [4.69, 9.17) is 11.6 Å². The molecule has 8 heteroatoms. The lowest BCUT2D eigenvalue weighted by atomic mass is 10.2. The van der Waals surface area contributed by atoms with Crippen LogP contribution in [0.2, 0.25) is 5.02 Å². The number of sulfone groups is 1. The summed E-state index contributed by atoms with van der Waals surface area (Å²) in [7, 11) is -6.93. The van der Waals surface area contributed by atoms with E-state index in [0.29, 0.717) is 17.0 Å². The molecule has 1 aromatic carbocycles. The summed E-state index contributed by atoms with van der Waals surface area (Å²) in [4.78, 5) is 0.138. The topological polar surface area (TPSA) is 71.5 Å². The number of benzene rings is 1. The molecule has 0 bridgehead atoms. The Morgan fingerprint density at radius 3 is 2.45 bits per heavy atom. The predicted octanol–water partition coefficient (Wildman–Crippen LogP) is 1.46. The van der Waals surface area contributed by atoms with Crippen molar-refractivity contribution in [2.24, 2.45) is 0 Å². The highest BCUT2D eigenvalue weighted by molar-refractivity contribution is 7.91. The van der Waals surface area contributed by atoms with E-state index >= 15 is 0 Å². The van der Waals surface area contributed by atoms with Crippen molar-refractivity contribution in [2.45, 2.75) is 23.5 Å². The zero-order valence-corrected chi connectivity index (χ0v) is 13.6. The van der Waals surface area contributed by atoms with Crippen LogP contribution in [0.25, 0.3) is 0 Å². The van der Waals surface area contributed by atoms with Crippen LogP contribution in [0.4, 0.5) is 0 Å². The summed E-state index contributed by atoms with van der Waals surface area (Å²) in [5, 5.41) is -0.248. The van der Waals surface area contributed by atoms with Gasteiger partial charge in [-0.25, -0.2) is 16.8 Å². The van der Waals surface area contributed by atoms with Gasteiger partial charge >= 0.3 is 0 Å². The van der Waals surface area contributed by atoms with Crippen LogP contribution in [0.5, 0.6) is 0 Å². The summed E-state index contributed by atoms with van der Waals surface area (Å²) < 4.78 is 49.4. The lowest BCUT2D eigenvalue weighted by Crippen LogP contribution is -2.32. The molecule has 1 aromatic rings. The van der Waals surface area contributed by atoms with Crippen molar-refractivity contribution in [2.75, 3.05) is 19.3 Å². The minimum Gasteiger partial charge on any atom is -0.229 e. The van der Waals surface area contributed by atoms with E-state index in [2.05, 4.69) is 0 Å². The Hall–Kier alpha value is -0.630. The lowest BCUT2D eigenvalue weighted by Gasteiger charge is -2.18. The Morgan fingerprint density at radius 2 is 1.90 bits per heavy atom. The molecule has 0 saturated carbocycles. The molecule has 1 aliphatic heterocycles. The molecule has 20 heavy (non-hydrogen) atoms.